The van der Waals surface area contributed by atoms with Gasteiger partial charge in [-0.3, -0.25) is 4.79 Å². The fourth-order valence-corrected chi connectivity index (χ4v) is 2.27. The SMILES string of the molecule is CCOc1ccc(OCCNC(=O)c2cccs2)cc1. The minimum absolute atomic E-state index is 0.0599. The van der Waals surface area contributed by atoms with Crippen LogP contribution in [0.5, 0.6) is 11.5 Å². The van der Waals surface area contributed by atoms with Crippen LogP contribution in [0.25, 0.3) is 0 Å². The molecule has 2 rings (SSSR count). The number of nitrogens with one attached hydrogen (secondary N) is 1. The lowest BCUT2D eigenvalue weighted by molar-refractivity contribution is 0.0951. The Hall–Kier alpha value is -2.01. The van der Waals surface area contributed by atoms with E-state index in [-0.39, 0.29) is 5.91 Å². The van der Waals surface area contributed by atoms with Crippen molar-refractivity contribution in [2.45, 2.75) is 6.92 Å². The van der Waals surface area contributed by atoms with E-state index in [0.29, 0.717) is 24.6 Å². The van der Waals surface area contributed by atoms with Gasteiger partial charge in [-0.25, -0.2) is 0 Å². The van der Waals surface area contributed by atoms with Crippen LogP contribution in [-0.2, 0) is 0 Å². The summed E-state index contributed by atoms with van der Waals surface area (Å²) in [5.41, 5.74) is 0. The molecule has 106 valence electrons. The molecule has 5 heteroatoms. The zero-order valence-electron chi connectivity index (χ0n) is 11.3. The molecule has 4 nitrogen and oxygen atoms in total. The van der Waals surface area contributed by atoms with E-state index in [9.17, 15) is 4.79 Å². The van der Waals surface area contributed by atoms with Crippen molar-refractivity contribution < 1.29 is 14.3 Å². The number of hydrogen-bond acceptors (Lipinski definition) is 4. The van der Waals surface area contributed by atoms with Crippen molar-refractivity contribution in [3.63, 3.8) is 0 Å². The summed E-state index contributed by atoms with van der Waals surface area (Å²) >= 11 is 1.42. The summed E-state index contributed by atoms with van der Waals surface area (Å²) in [6.07, 6.45) is 0. The molecule has 0 radical (unpaired) electrons. The number of thiophene rings is 1. The van der Waals surface area contributed by atoms with Crippen LogP contribution in [0.4, 0.5) is 0 Å². The summed E-state index contributed by atoms with van der Waals surface area (Å²) in [7, 11) is 0. The van der Waals surface area contributed by atoms with E-state index in [1.807, 2.05) is 42.6 Å². The highest BCUT2D eigenvalue weighted by Gasteiger charge is 2.04. The molecule has 0 aliphatic rings. The van der Waals surface area contributed by atoms with Gasteiger partial charge in [0.1, 0.15) is 18.1 Å². The third-order valence-electron chi connectivity index (χ3n) is 2.54. The maximum Gasteiger partial charge on any atom is 0.261 e. The van der Waals surface area contributed by atoms with Gasteiger partial charge in [-0.05, 0) is 42.6 Å². The molecule has 0 spiro atoms. The van der Waals surface area contributed by atoms with E-state index in [1.54, 1.807) is 6.07 Å². The van der Waals surface area contributed by atoms with Crippen LogP contribution in [0.2, 0.25) is 0 Å². The van der Waals surface area contributed by atoms with Gasteiger partial charge in [0, 0.05) is 0 Å². The molecule has 1 N–H and O–H groups in total. The second-order valence-electron chi connectivity index (χ2n) is 3.99. The third kappa shape index (κ3) is 4.28. The molecule has 1 aromatic carbocycles. The standard InChI is InChI=1S/C15H17NO3S/c1-2-18-12-5-7-13(8-6-12)19-10-9-16-15(17)14-4-3-11-20-14/h3-8,11H,2,9-10H2,1H3,(H,16,17). The monoisotopic (exact) mass is 291 g/mol. The molecule has 0 aliphatic carbocycles. The van der Waals surface area contributed by atoms with Crippen molar-refractivity contribution in [2.24, 2.45) is 0 Å². The Kier molecular flexibility index (Phi) is 5.43. The van der Waals surface area contributed by atoms with Crippen molar-refractivity contribution >= 4 is 17.2 Å². The first-order valence-electron chi connectivity index (χ1n) is 6.47. The molecule has 0 saturated carbocycles. The number of hydrogen-bond donors (Lipinski definition) is 1. The van der Waals surface area contributed by atoms with Crippen LogP contribution in [0.1, 0.15) is 16.6 Å². The number of amides is 1. The van der Waals surface area contributed by atoms with Gasteiger partial charge in [0.15, 0.2) is 0 Å². The normalized spacial score (nSPS) is 10.1. The molecule has 2 aromatic rings. The molecule has 0 atom stereocenters. The first kappa shape index (κ1) is 14.4. The van der Waals surface area contributed by atoms with Crippen molar-refractivity contribution in [2.75, 3.05) is 19.8 Å². The molecule has 0 fully saturated rings. The van der Waals surface area contributed by atoms with Crippen molar-refractivity contribution in [3.8, 4) is 11.5 Å². The molecular formula is C15H17NO3S. The number of carbonyl (C=O) groups is 1. The summed E-state index contributed by atoms with van der Waals surface area (Å²) in [5.74, 6) is 1.53. The lowest BCUT2D eigenvalue weighted by Gasteiger charge is -2.08. The second-order valence-corrected chi connectivity index (χ2v) is 4.93. The Morgan fingerprint density at radius 2 is 1.85 bits per heavy atom. The van der Waals surface area contributed by atoms with Gasteiger partial charge in [-0.2, -0.15) is 0 Å². The van der Waals surface area contributed by atoms with Gasteiger partial charge in [0.25, 0.3) is 5.91 Å². The maximum atomic E-state index is 11.7. The molecule has 20 heavy (non-hydrogen) atoms. The van der Waals surface area contributed by atoms with E-state index in [4.69, 9.17) is 9.47 Å². The first-order valence-corrected chi connectivity index (χ1v) is 7.35. The second kappa shape index (κ2) is 7.55. The summed E-state index contributed by atoms with van der Waals surface area (Å²) in [6.45, 7) is 3.50. The summed E-state index contributed by atoms with van der Waals surface area (Å²) in [5, 5.41) is 4.69. The quantitative estimate of drug-likeness (QED) is 0.798. The van der Waals surface area contributed by atoms with E-state index in [2.05, 4.69) is 5.32 Å². The van der Waals surface area contributed by atoms with Gasteiger partial charge >= 0.3 is 0 Å². The maximum absolute atomic E-state index is 11.7. The fourth-order valence-electron chi connectivity index (χ4n) is 1.63. The van der Waals surface area contributed by atoms with Crippen molar-refractivity contribution in [3.05, 3.63) is 46.7 Å². The largest absolute Gasteiger partial charge is 0.494 e. The molecular weight excluding hydrogens is 274 g/mol. The minimum Gasteiger partial charge on any atom is -0.494 e. The van der Waals surface area contributed by atoms with E-state index < -0.39 is 0 Å². The fraction of sp³-hybridized carbons (Fsp3) is 0.267. The van der Waals surface area contributed by atoms with E-state index in [1.165, 1.54) is 11.3 Å². The number of carbonyl (C=O) groups excluding carboxylic acids is 1. The minimum atomic E-state index is -0.0599. The lowest BCUT2D eigenvalue weighted by atomic mass is 10.3. The third-order valence-corrected chi connectivity index (χ3v) is 3.40. The summed E-state index contributed by atoms with van der Waals surface area (Å²) in [6, 6.07) is 11.1. The van der Waals surface area contributed by atoms with Crippen LogP contribution in [0.15, 0.2) is 41.8 Å². The van der Waals surface area contributed by atoms with Gasteiger partial charge in [-0.1, -0.05) is 6.07 Å². The van der Waals surface area contributed by atoms with Gasteiger partial charge in [0.2, 0.25) is 0 Å². The predicted octanol–water partition coefficient (Wildman–Crippen LogP) is 2.96. The first-order chi connectivity index (χ1) is 9.79. The Morgan fingerprint density at radius 3 is 2.45 bits per heavy atom. The van der Waals surface area contributed by atoms with Crippen LogP contribution in [0, 0.1) is 0 Å². The molecule has 1 amide bonds. The van der Waals surface area contributed by atoms with E-state index in [0.717, 1.165) is 11.5 Å². The van der Waals surface area contributed by atoms with Crippen molar-refractivity contribution in [1.29, 1.82) is 0 Å². The topological polar surface area (TPSA) is 47.6 Å². The van der Waals surface area contributed by atoms with Crippen LogP contribution in [0.3, 0.4) is 0 Å². The highest BCUT2D eigenvalue weighted by molar-refractivity contribution is 7.12. The predicted molar refractivity (Wildman–Crippen MR) is 79.8 cm³/mol. The molecule has 0 unspecified atom stereocenters. The Morgan fingerprint density at radius 1 is 1.15 bits per heavy atom. The Balaban J connectivity index is 1.69. The van der Waals surface area contributed by atoms with Gasteiger partial charge < -0.3 is 14.8 Å². The molecule has 0 aliphatic heterocycles. The number of ether oxygens (including phenoxy) is 2. The average molecular weight is 291 g/mol. The van der Waals surface area contributed by atoms with Crippen LogP contribution >= 0.6 is 11.3 Å². The Labute approximate surface area is 122 Å². The summed E-state index contributed by atoms with van der Waals surface area (Å²) < 4.78 is 10.9. The van der Waals surface area contributed by atoms with Crippen molar-refractivity contribution in [1.82, 2.24) is 5.32 Å². The smallest absolute Gasteiger partial charge is 0.261 e. The molecule has 0 saturated heterocycles. The van der Waals surface area contributed by atoms with Crippen LogP contribution in [-0.4, -0.2) is 25.7 Å². The lowest BCUT2D eigenvalue weighted by Crippen LogP contribution is -2.27. The zero-order valence-corrected chi connectivity index (χ0v) is 12.1. The highest BCUT2D eigenvalue weighted by atomic mass is 32.1. The van der Waals surface area contributed by atoms with Gasteiger partial charge in [-0.15, -0.1) is 11.3 Å². The Bertz CT molecular complexity index is 523. The van der Waals surface area contributed by atoms with Gasteiger partial charge in [0.05, 0.1) is 18.0 Å². The highest BCUT2D eigenvalue weighted by Crippen LogP contribution is 2.17. The molecule has 1 aromatic heterocycles. The zero-order chi connectivity index (χ0) is 14.2. The van der Waals surface area contributed by atoms with E-state index >= 15 is 0 Å². The number of rotatable bonds is 7. The summed E-state index contributed by atoms with van der Waals surface area (Å²) in [4.78, 5) is 12.4. The average Bonchev–Trinajstić information content (AvgIpc) is 3.00. The van der Waals surface area contributed by atoms with Crippen LogP contribution < -0.4 is 14.8 Å². The number of benzene rings is 1. The molecule has 0 bridgehead atoms. The molecule has 1 heterocycles.